The average molecular weight is 287 g/mol. The Morgan fingerprint density at radius 1 is 1.53 bits per heavy atom. The highest BCUT2D eigenvalue weighted by molar-refractivity contribution is 7.86. The Bertz CT molecular complexity index is 534. The summed E-state index contributed by atoms with van der Waals surface area (Å²) < 4.78 is 32.6. The lowest BCUT2D eigenvalue weighted by Crippen LogP contribution is -2.29. The molecule has 19 heavy (non-hydrogen) atoms. The molecular formula is C12H17NO5S. The van der Waals surface area contributed by atoms with Crippen molar-refractivity contribution in [2.45, 2.75) is 19.4 Å². The molecule has 0 saturated carbocycles. The molecule has 2 aliphatic heterocycles. The minimum absolute atomic E-state index is 0.279. The summed E-state index contributed by atoms with van der Waals surface area (Å²) in [4.78, 5) is 13.8. The summed E-state index contributed by atoms with van der Waals surface area (Å²) in [5.74, 6) is -0.442. The molecule has 2 aliphatic rings. The summed E-state index contributed by atoms with van der Waals surface area (Å²) in [5, 5.41) is 0. The lowest BCUT2D eigenvalue weighted by atomic mass is 10.1. The van der Waals surface area contributed by atoms with E-state index in [1.165, 1.54) is 0 Å². The molecule has 106 valence electrons. The first-order valence-electron chi connectivity index (χ1n) is 6.13. The van der Waals surface area contributed by atoms with Gasteiger partial charge in [-0.1, -0.05) is 6.08 Å². The molecule has 0 aromatic carbocycles. The molecule has 0 N–H and O–H groups in total. The predicted molar refractivity (Wildman–Crippen MR) is 68.7 cm³/mol. The van der Waals surface area contributed by atoms with Gasteiger partial charge in [-0.25, -0.2) is 4.79 Å². The zero-order valence-electron chi connectivity index (χ0n) is 11.0. The zero-order valence-corrected chi connectivity index (χ0v) is 11.8. The van der Waals surface area contributed by atoms with Crippen LogP contribution in [0.25, 0.3) is 0 Å². The standard InChI is InChI=1S/C12H17NO5S/c1-3-17-12(14)9-5-4-7-13-8-6-10(11(9)13)18-19(2,15)16/h4-5,10H,3,6-8H2,1-2H3. The molecule has 0 aromatic heterocycles. The van der Waals surface area contributed by atoms with Crippen molar-refractivity contribution < 1.29 is 22.1 Å². The number of esters is 1. The Kier molecular flexibility index (Phi) is 3.96. The van der Waals surface area contributed by atoms with Gasteiger partial charge in [0.05, 0.1) is 24.1 Å². The summed E-state index contributed by atoms with van der Waals surface area (Å²) >= 11 is 0. The molecule has 7 heteroatoms. The van der Waals surface area contributed by atoms with E-state index in [1.807, 2.05) is 11.0 Å². The normalized spacial score (nSPS) is 22.6. The van der Waals surface area contributed by atoms with Crippen molar-refractivity contribution in [3.05, 3.63) is 23.4 Å². The van der Waals surface area contributed by atoms with E-state index in [0.29, 0.717) is 30.8 Å². The number of fused-ring (bicyclic) bond motifs is 1. The average Bonchev–Trinajstić information content (AvgIpc) is 2.70. The third-order valence-electron chi connectivity index (χ3n) is 2.98. The molecule has 0 amide bonds. The van der Waals surface area contributed by atoms with Gasteiger partial charge in [-0.3, -0.25) is 4.18 Å². The fraction of sp³-hybridized carbons (Fsp3) is 0.583. The molecular weight excluding hydrogens is 270 g/mol. The largest absolute Gasteiger partial charge is 0.462 e. The number of ether oxygens (including phenoxy) is 1. The number of rotatable bonds is 4. The van der Waals surface area contributed by atoms with Crippen molar-refractivity contribution in [2.75, 3.05) is 26.0 Å². The van der Waals surface area contributed by atoms with E-state index in [0.717, 1.165) is 6.26 Å². The first-order chi connectivity index (χ1) is 8.92. The second-order valence-electron chi connectivity index (χ2n) is 4.45. The number of carbonyl (C=O) groups excluding carboxylic acids is 1. The zero-order chi connectivity index (χ0) is 14.0. The van der Waals surface area contributed by atoms with Gasteiger partial charge in [-0.05, 0) is 19.4 Å². The first kappa shape index (κ1) is 14.1. The van der Waals surface area contributed by atoms with Crippen LogP contribution in [-0.4, -0.2) is 51.3 Å². The molecule has 0 radical (unpaired) electrons. The Hall–Kier alpha value is -1.34. The Morgan fingerprint density at radius 2 is 2.26 bits per heavy atom. The summed E-state index contributed by atoms with van der Waals surface area (Å²) in [6, 6.07) is 0. The number of hydrogen-bond donors (Lipinski definition) is 0. The Labute approximate surface area is 112 Å². The van der Waals surface area contributed by atoms with E-state index < -0.39 is 22.2 Å². The number of nitrogens with zero attached hydrogens (tertiary/aromatic N) is 1. The van der Waals surface area contributed by atoms with Gasteiger partial charge >= 0.3 is 5.97 Å². The van der Waals surface area contributed by atoms with Gasteiger partial charge in [-0.15, -0.1) is 0 Å². The second kappa shape index (κ2) is 5.34. The summed E-state index contributed by atoms with van der Waals surface area (Å²) in [7, 11) is -3.56. The molecule has 0 bridgehead atoms. The van der Waals surface area contributed by atoms with Crippen molar-refractivity contribution in [3.63, 3.8) is 0 Å². The highest BCUT2D eigenvalue weighted by Gasteiger charge is 2.36. The highest BCUT2D eigenvalue weighted by atomic mass is 32.2. The van der Waals surface area contributed by atoms with E-state index in [-0.39, 0.29) is 6.61 Å². The van der Waals surface area contributed by atoms with Crippen LogP contribution in [0.15, 0.2) is 23.4 Å². The van der Waals surface area contributed by atoms with Crippen LogP contribution in [0.1, 0.15) is 13.3 Å². The maximum atomic E-state index is 11.9. The van der Waals surface area contributed by atoms with Gasteiger partial charge < -0.3 is 9.64 Å². The fourth-order valence-electron chi connectivity index (χ4n) is 2.34. The topological polar surface area (TPSA) is 72.9 Å². The van der Waals surface area contributed by atoms with Crippen LogP contribution < -0.4 is 0 Å². The smallest absolute Gasteiger partial charge is 0.339 e. The minimum Gasteiger partial charge on any atom is -0.462 e. The minimum atomic E-state index is -3.56. The second-order valence-corrected chi connectivity index (χ2v) is 6.05. The molecule has 2 heterocycles. The van der Waals surface area contributed by atoms with E-state index >= 15 is 0 Å². The summed E-state index contributed by atoms with van der Waals surface area (Å²) in [6.07, 6.45) is 4.50. The van der Waals surface area contributed by atoms with E-state index in [1.54, 1.807) is 13.0 Å². The molecule has 0 aliphatic carbocycles. The lowest BCUT2D eigenvalue weighted by Gasteiger charge is -2.25. The first-order valence-corrected chi connectivity index (χ1v) is 7.95. The SMILES string of the molecule is CCOC(=O)C1=C2C(OS(C)(=O)=O)CCN2CC=C1. The van der Waals surface area contributed by atoms with Crippen LogP contribution in [0.2, 0.25) is 0 Å². The predicted octanol–water partition coefficient (Wildman–Crippen LogP) is 0.424. The van der Waals surface area contributed by atoms with Crippen molar-refractivity contribution in [1.29, 1.82) is 0 Å². The van der Waals surface area contributed by atoms with Gasteiger partial charge in [0.25, 0.3) is 10.1 Å². The van der Waals surface area contributed by atoms with Crippen LogP contribution in [0.3, 0.4) is 0 Å². The summed E-state index contributed by atoms with van der Waals surface area (Å²) in [6.45, 7) is 3.33. The molecule has 1 atom stereocenters. The number of hydrogen-bond acceptors (Lipinski definition) is 6. The van der Waals surface area contributed by atoms with Crippen LogP contribution in [0.5, 0.6) is 0 Å². The van der Waals surface area contributed by atoms with Crippen LogP contribution >= 0.6 is 0 Å². The van der Waals surface area contributed by atoms with Gasteiger partial charge in [0.2, 0.25) is 0 Å². The fourth-order valence-corrected chi connectivity index (χ4v) is 2.95. The maximum Gasteiger partial charge on any atom is 0.339 e. The number of carbonyl (C=O) groups is 1. The van der Waals surface area contributed by atoms with Gasteiger partial charge in [-0.2, -0.15) is 8.42 Å². The van der Waals surface area contributed by atoms with E-state index in [2.05, 4.69) is 0 Å². The van der Waals surface area contributed by atoms with Gasteiger partial charge in [0.1, 0.15) is 6.10 Å². The molecule has 1 unspecified atom stereocenters. The van der Waals surface area contributed by atoms with E-state index in [9.17, 15) is 13.2 Å². The molecule has 2 rings (SSSR count). The molecule has 6 nitrogen and oxygen atoms in total. The molecule has 0 spiro atoms. The monoisotopic (exact) mass is 287 g/mol. The molecule has 1 fully saturated rings. The Morgan fingerprint density at radius 3 is 2.89 bits per heavy atom. The van der Waals surface area contributed by atoms with Crippen LogP contribution in [-0.2, 0) is 23.8 Å². The Balaban J connectivity index is 2.33. The molecule has 0 aromatic rings. The third kappa shape index (κ3) is 3.16. The van der Waals surface area contributed by atoms with E-state index in [4.69, 9.17) is 8.92 Å². The quantitative estimate of drug-likeness (QED) is 0.551. The highest BCUT2D eigenvalue weighted by Crippen LogP contribution is 2.31. The lowest BCUT2D eigenvalue weighted by molar-refractivity contribution is -0.138. The van der Waals surface area contributed by atoms with Crippen molar-refractivity contribution >= 4 is 16.1 Å². The van der Waals surface area contributed by atoms with Crippen molar-refractivity contribution in [2.24, 2.45) is 0 Å². The maximum absolute atomic E-state index is 11.9. The van der Waals surface area contributed by atoms with Crippen LogP contribution in [0.4, 0.5) is 0 Å². The van der Waals surface area contributed by atoms with Crippen molar-refractivity contribution in [1.82, 2.24) is 4.90 Å². The van der Waals surface area contributed by atoms with Crippen LogP contribution in [0, 0.1) is 0 Å². The summed E-state index contributed by atoms with van der Waals surface area (Å²) in [5.41, 5.74) is 1.01. The van der Waals surface area contributed by atoms with Crippen molar-refractivity contribution in [3.8, 4) is 0 Å². The third-order valence-corrected chi connectivity index (χ3v) is 3.56. The van der Waals surface area contributed by atoms with Gasteiger partial charge in [0, 0.05) is 13.1 Å². The molecule has 1 saturated heterocycles. The van der Waals surface area contributed by atoms with Gasteiger partial charge in [0.15, 0.2) is 0 Å².